The fraction of sp³-hybridized carbons (Fsp3) is 0.357. The third kappa shape index (κ3) is 3.32. The summed E-state index contributed by atoms with van der Waals surface area (Å²) in [7, 11) is 1.80. The van der Waals surface area contributed by atoms with Crippen LogP contribution in [0.1, 0.15) is 18.2 Å². The molecule has 0 fully saturated rings. The van der Waals surface area contributed by atoms with Gasteiger partial charge in [0, 0.05) is 25.4 Å². The second-order valence-corrected chi connectivity index (χ2v) is 4.32. The van der Waals surface area contributed by atoms with Crippen LogP contribution >= 0.6 is 0 Å². The molecule has 0 amide bonds. The second kappa shape index (κ2) is 6.33. The topological polar surface area (TPSA) is 41.3 Å². The maximum Gasteiger partial charge on any atom is 0.170 e. The van der Waals surface area contributed by atoms with Crippen molar-refractivity contribution in [2.24, 2.45) is 0 Å². The molecule has 4 nitrogen and oxygen atoms in total. The summed E-state index contributed by atoms with van der Waals surface area (Å²) in [6.45, 7) is 3.79. The van der Waals surface area contributed by atoms with Crippen LogP contribution in [0.4, 0.5) is 10.2 Å². The number of hydrogen-bond donors (Lipinski definition) is 1. The highest BCUT2D eigenvalue weighted by Gasteiger charge is 2.14. The Kier molecular flexibility index (Phi) is 4.52. The molecule has 0 unspecified atom stereocenters. The summed E-state index contributed by atoms with van der Waals surface area (Å²) in [5.74, 6) is 0.838. The van der Waals surface area contributed by atoms with Crippen LogP contribution in [0.25, 0.3) is 0 Å². The van der Waals surface area contributed by atoms with E-state index in [1.165, 1.54) is 0 Å². The van der Waals surface area contributed by atoms with Crippen molar-refractivity contribution in [1.82, 2.24) is 10.3 Å². The van der Waals surface area contributed by atoms with E-state index in [1.54, 1.807) is 30.5 Å². The number of anilines is 1. The summed E-state index contributed by atoms with van der Waals surface area (Å²) in [5.41, 5.74) is 0.623. The number of rotatable bonds is 6. The minimum atomic E-state index is -0.280. The Balaban J connectivity index is 2.14. The molecule has 0 saturated heterocycles. The van der Waals surface area contributed by atoms with E-state index in [9.17, 15) is 4.39 Å². The zero-order chi connectivity index (χ0) is 13.7. The van der Waals surface area contributed by atoms with Crippen LogP contribution in [-0.2, 0) is 13.1 Å². The molecule has 2 rings (SSSR count). The summed E-state index contributed by atoms with van der Waals surface area (Å²) in [4.78, 5) is 5.85. The lowest BCUT2D eigenvalue weighted by Crippen LogP contribution is -2.20. The summed E-state index contributed by atoms with van der Waals surface area (Å²) in [5, 5.41) is 3.11. The highest BCUT2D eigenvalue weighted by atomic mass is 19.1. The van der Waals surface area contributed by atoms with Gasteiger partial charge in [-0.1, -0.05) is 6.92 Å². The third-order valence-electron chi connectivity index (χ3n) is 2.85. The van der Waals surface area contributed by atoms with Gasteiger partial charge in [-0.15, -0.1) is 0 Å². The first-order chi connectivity index (χ1) is 9.22. The number of hydrogen-bond acceptors (Lipinski definition) is 4. The summed E-state index contributed by atoms with van der Waals surface area (Å²) in [6, 6.07) is 5.37. The maximum atomic E-state index is 14.3. The molecule has 0 radical (unpaired) electrons. The third-order valence-corrected chi connectivity index (χ3v) is 2.85. The molecular weight excluding hydrogens is 245 g/mol. The van der Waals surface area contributed by atoms with Gasteiger partial charge in [-0.2, -0.15) is 0 Å². The molecule has 0 aliphatic carbocycles. The Hall–Kier alpha value is -1.88. The lowest BCUT2D eigenvalue weighted by Gasteiger charge is -2.18. The average Bonchev–Trinajstić information content (AvgIpc) is 2.90. The molecule has 2 aromatic heterocycles. The van der Waals surface area contributed by atoms with Crippen molar-refractivity contribution in [2.75, 3.05) is 18.5 Å². The summed E-state index contributed by atoms with van der Waals surface area (Å²) in [6.07, 6.45) is 3.23. The van der Waals surface area contributed by atoms with E-state index in [0.29, 0.717) is 24.5 Å². The Morgan fingerprint density at radius 1 is 1.42 bits per heavy atom. The second-order valence-electron chi connectivity index (χ2n) is 4.32. The van der Waals surface area contributed by atoms with Gasteiger partial charge in [-0.3, -0.25) is 0 Å². The van der Waals surface area contributed by atoms with Gasteiger partial charge in [-0.05, 0) is 24.7 Å². The number of aromatic nitrogens is 1. The molecule has 2 aromatic rings. The summed E-state index contributed by atoms with van der Waals surface area (Å²) >= 11 is 0. The number of pyridine rings is 1. The molecule has 0 aromatic carbocycles. The monoisotopic (exact) mass is 263 g/mol. The van der Waals surface area contributed by atoms with Crippen molar-refractivity contribution < 1.29 is 8.81 Å². The van der Waals surface area contributed by atoms with Gasteiger partial charge in [0.15, 0.2) is 11.6 Å². The van der Waals surface area contributed by atoms with E-state index in [2.05, 4.69) is 10.3 Å². The molecular formula is C14H18FN3O. The van der Waals surface area contributed by atoms with E-state index in [-0.39, 0.29) is 5.82 Å². The van der Waals surface area contributed by atoms with E-state index in [1.807, 2.05) is 19.1 Å². The Labute approximate surface area is 112 Å². The zero-order valence-electron chi connectivity index (χ0n) is 11.2. The van der Waals surface area contributed by atoms with Crippen LogP contribution in [0.2, 0.25) is 0 Å². The Bertz CT molecular complexity index is 513. The predicted octanol–water partition coefficient (Wildman–Crippen LogP) is 2.56. The molecule has 0 aliphatic heterocycles. The largest absolute Gasteiger partial charge is 0.467 e. The minimum absolute atomic E-state index is 0.280. The van der Waals surface area contributed by atoms with Crippen molar-refractivity contribution in [3.05, 3.63) is 47.8 Å². The minimum Gasteiger partial charge on any atom is -0.467 e. The van der Waals surface area contributed by atoms with Gasteiger partial charge in [0.25, 0.3) is 0 Å². The zero-order valence-corrected chi connectivity index (χ0v) is 11.2. The Morgan fingerprint density at radius 2 is 2.26 bits per heavy atom. The molecule has 0 atom stereocenters. The van der Waals surface area contributed by atoms with Gasteiger partial charge < -0.3 is 14.6 Å². The van der Waals surface area contributed by atoms with Crippen molar-refractivity contribution in [1.29, 1.82) is 0 Å². The van der Waals surface area contributed by atoms with Gasteiger partial charge in [0.1, 0.15) is 5.76 Å². The van der Waals surface area contributed by atoms with Crippen molar-refractivity contribution in [3.63, 3.8) is 0 Å². The molecule has 0 saturated carbocycles. The highest BCUT2D eigenvalue weighted by Crippen LogP contribution is 2.20. The normalized spacial score (nSPS) is 10.7. The molecule has 1 N–H and O–H groups in total. The molecule has 2 heterocycles. The molecule has 102 valence electrons. The van der Waals surface area contributed by atoms with Crippen LogP contribution in [0, 0.1) is 5.82 Å². The van der Waals surface area contributed by atoms with Crippen molar-refractivity contribution in [2.45, 2.75) is 20.0 Å². The molecule has 0 aliphatic rings. The van der Waals surface area contributed by atoms with Crippen LogP contribution in [0.5, 0.6) is 0 Å². The highest BCUT2D eigenvalue weighted by molar-refractivity contribution is 5.42. The van der Waals surface area contributed by atoms with E-state index in [4.69, 9.17) is 4.42 Å². The van der Waals surface area contributed by atoms with Gasteiger partial charge in [-0.25, -0.2) is 9.37 Å². The first kappa shape index (κ1) is 13.5. The smallest absolute Gasteiger partial charge is 0.170 e. The van der Waals surface area contributed by atoms with Crippen LogP contribution in [0.3, 0.4) is 0 Å². The number of furan rings is 1. The molecule has 0 spiro atoms. The van der Waals surface area contributed by atoms with Gasteiger partial charge in [0.05, 0.1) is 12.8 Å². The standard InChI is InChI=1S/C14H18FN3O/c1-3-16-9-11-6-7-17-14(13(11)15)18(2)10-12-5-4-8-19-12/h4-8,16H,3,9-10H2,1-2H3. The van der Waals surface area contributed by atoms with Crippen LogP contribution < -0.4 is 10.2 Å². The lowest BCUT2D eigenvalue weighted by molar-refractivity contribution is 0.503. The molecule has 19 heavy (non-hydrogen) atoms. The van der Waals surface area contributed by atoms with Crippen molar-refractivity contribution in [3.8, 4) is 0 Å². The van der Waals surface area contributed by atoms with Gasteiger partial charge >= 0.3 is 0 Å². The fourth-order valence-electron chi connectivity index (χ4n) is 1.84. The van der Waals surface area contributed by atoms with Crippen LogP contribution in [-0.4, -0.2) is 18.6 Å². The lowest BCUT2D eigenvalue weighted by atomic mass is 10.2. The predicted molar refractivity (Wildman–Crippen MR) is 72.4 cm³/mol. The average molecular weight is 263 g/mol. The Morgan fingerprint density at radius 3 is 2.95 bits per heavy atom. The SMILES string of the molecule is CCNCc1ccnc(N(C)Cc2ccco2)c1F. The number of nitrogens with zero attached hydrogens (tertiary/aromatic N) is 2. The number of nitrogens with one attached hydrogen (secondary N) is 1. The van der Waals surface area contributed by atoms with Crippen molar-refractivity contribution >= 4 is 5.82 Å². The first-order valence-electron chi connectivity index (χ1n) is 6.30. The maximum absolute atomic E-state index is 14.3. The molecule has 5 heteroatoms. The number of halogens is 1. The van der Waals surface area contributed by atoms with E-state index >= 15 is 0 Å². The first-order valence-corrected chi connectivity index (χ1v) is 6.30. The van der Waals surface area contributed by atoms with Crippen LogP contribution in [0.15, 0.2) is 35.1 Å². The summed E-state index contributed by atoms with van der Waals surface area (Å²) < 4.78 is 19.6. The van der Waals surface area contributed by atoms with E-state index in [0.717, 1.165) is 12.3 Å². The van der Waals surface area contributed by atoms with E-state index < -0.39 is 0 Å². The fourth-order valence-corrected chi connectivity index (χ4v) is 1.84. The van der Waals surface area contributed by atoms with Gasteiger partial charge in [0.2, 0.25) is 0 Å². The quantitative estimate of drug-likeness (QED) is 0.869. The molecule has 0 bridgehead atoms.